The summed E-state index contributed by atoms with van der Waals surface area (Å²) < 4.78 is 0. The van der Waals surface area contributed by atoms with Crippen molar-refractivity contribution in [1.29, 1.82) is 0 Å². The van der Waals surface area contributed by atoms with Crippen molar-refractivity contribution in [2.45, 2.75) is 13.8 Å². The predicted molar refractivity (Wildman–Crippen MR) is 35.4 cm³/mol. The maximum absolute atomic E-state index is 8.58. The molecule has 0 amide bonds. The third kappa shape index (κ3) is 3.02. The number of hydrogen-bond acceptors (Lipinski definition) is 1. The SMILES string of the molecule is CC(C)(CO)CP. The summed E-state index contributed by atoms with van der Waals surface area (Å²) in [4.78, 5) is 0. The van der Waals surface area contributed by atoms with E-state index in [2.05, 4.69) is 9.24 Å². The zero-order valence-corrected chi connectivity index (χ0v) is 6.09. The van der Waals surface area contributed by atoms with Crippen LogP contribution in [0.1, 0.15) is 13.8 Å². The first-order valence-corrected chi connectivity index (χ1v) is 3.25. The van der Waals surface area contributed by atoms with Crippen molar-refractivity contribution in [3.8, 4) is 0 Å². The molecule has 0 saturated heterocycles. The number of rotatable bonds is 2. The van der Waals surface area contributed by atoms with Crippen molar-refractivity contribution in [1.82, 2.24) is 0 Å². The fourth-order valence-corrected chi connectivity index (χ4v) is 0.194. The van der Waals surface area contributed by atoms with E-state index in [4.69, 9.17) is 5.11 Å². The van der Waals surface area contributed by atoms with Crippen molar-refractivity contribution in [3.05, 3.63) is 0 Å². The molecule has 1 N–H and O–H groups in total. The van der Waals surface area contributed by atoms with E-state index >= 15 is 0 Å². The van der Waals surface area contributed by atoms with E-state index < -0.39 is 0 Å². The standard InChI is InChI=1S/C5H13OP/c1-5(2,3-6)4-7/h6H,3-4,7H2,1-2H3. The van der Waals surface area contributed by atoms with Gasteiger partial charge in [-0.1, -0.05) is 13.8 Å². The summed E-state index contributed by atoms with van der Waals surface area (Å²) in [6.07, 6.45) is 0.962. The maximum atomic E-state index is 8.58. The van der Waals surface area contributed by atoms with E-state index in [0.717, 1.165) is 6.16 Å². The van der Waals surface area contributed by atoms with Gasteiger partial charge >= 0.3 is 0 Å². The Balaban J connectivity index is 3.36. The van der Waals surface area contributed by atoms with Crippen LogP contribution < -0.4 is 0 Å². The van der Waals surface area contributed by atoms with E-state index in [9.17, 15) is 0 Å². The lowest BCUT2D eigenvalue weighted by Crippen LogP contribution is -2.17. The molecule has 2 heteroatoms. The summed E-state index contributed by atoms with van der Waals surface area (Å²) in [6, 6.07) is 0. The van der Waals surface area contributed by atoms with Gasteiger partial charge in [-0.25, -0.2) is 0 Å². The van der Waals surface area contributed by atoms with Crippen LogP contribution in [-0.2, 0) is 0 Å². The van der Waals surface area contributed by atoms with Crippen LogP contribution in [0.3, 0.4) is 0 Å². The minimum absolute atomic E-state index is 0.102. The van der Waals surface area contributed by atoms with E-state index in [0.29, 0.717) is 0 Å². The fourth-order valence-electron chi connectivity index (χ4n) is 0.0645. The normalized spacial score (nSPS) is 12.0. The molecular formula is C5H13OP. The molecule has 1 atom stereocenters. The Labute approximate surface area is 47.3 Å². The lowest BCUT2D eigenvalue weighted by atomic mass is 9.98. The Kier molecular flexibility index (Phi) is 2.78. The Bertz CT molecular complexity index is 46.0. The summed E-state index contributed by atoms with van der Waals surface area (Å²) in [5.74, 6) is 0. The first kappa shape index (κ1) is 7.39. The molecule has 0 spiro atoms. The van der Waals surface area contributed by atoms with Gasteiger partial charge in [0.05, 0.1) is 0 Å². The molecule has 0 heterocycles. The van der Waals surface area contributed by atoms with Crippen molar-refractivity contribution in [2.75, 3.05) is 12.8 Å². The summed E-state index contributed by atoms with van der Waals surface area (Å²) in [5.41, 5.74) is 0.102. The Morgan fingerprint density at radius 1 is 1.57 bits per heavy atom. The minimum atomic E-state index is 0.102. The van der Waals surface area contributed by atoms with Crippen LogP contribution in [0.5, 0.6) is 0 Å². The second-order valence-electron chi connectivity index (χ2n) is 2.53. The van der Waals surface area contributed by atoms with Crippen LogP contribution in [-0.4, -0.2) is 17.9 Å². The molecule has 0 aromatic heterocycles. The molecule has 7 heavy (non-hydrogen) atoms. The topological polar surface area (TPSA) is 20.2 Å². The highest BCUT2D eigenvalue weighted by molar-refractivity contribution is 7.16. The molecule has 0 aliphatic carbocycles. The first-order chi connectivity index (χ1) is 3.12. The lowest BCUT2D eigenvalue weighted by Gasteiger charge is -2.17. The van der Waals surface area contributed by atoms with Crippen molar-refractivity contribution >= 4 is 9.24 Å². The third-order valence-corrected chi connectivity index (χ3v) is 2.09. The van der Waals surface area contributed by atoms with Gasteiger partial charge in [-0.3, -0.25) is 0 Å². The predicted octanol–water partition coefficient (Wildman–Crippen LogP) is 0.880. The molecule has 0 bridgehead atoms. The Hall–Kier alpha value is 0.390. The third-order valence-electron chi connectivity index (χ3n) is 0.981. The van der Waals surface area contributed by atoms with Gasteiger partial charge in [0.15, 0.2) is 0 Å². The highest BCUT2D eigenvalue weighted by Crippen LogP contribution is 2.15. The van der Waals surface area contributed by atoms with Crippen molar-refractivity contribution in [2.24, 2.45) is 5.41 Å². The number of hydrogen-bond donors (Lipinski definition) is 1. The minimum Gasteiger partial charge on any atom is -0.396 e. The highest BCUT2D eigenvalue weighted by atomic mass is 31.0. The molecule has 0 aromatic carbocycles. The molecule has 1 nitrogen and oxygen atoms in total. The van der Waals surface area contributed by atoms with Crippen LogP contribution in [0.15, 0.2) is 0 Å². The summed E-state index contributed by atoms with van der Waals surface area (Å²) in [7, 11) is 2.61. The van der Waals surface area contributed by atoms with E-state index in [-0.39, 0.29) is 12.0 Å². The second kappa shape index (κ2) is 2.64. The Morgan fingerprint density at radius 3 is 2.00 bits per heavy atom. The molecule has 0 aliphatic heterocycles. The fraction of sp³-hybridized carbons (Fsp3) is 1.00. The summed E-state index contributed by atoms with van der Waals surface area (Å²) in [5, 5.41) is 8.58. The maximum Gasteiger partial charge on any atom is 0.0485 e. The van der Waals surface area contributed by atoms with Crippen molar-refractivity contribution in [3.63, 3.8) is 0 Å². The molecule has 44 valence electrons. The van der Waals surface area contributed by atoms with E-state index in [1.54, 1.807) is 0 Å². The zero-order valence-electron chi connectivity index (χ0n) is 4.94. The van der Waals surface area contributed by atoms with E-state index in [1.807, 2.05) is 13.8 Å². The van der Waals surface area contributed by atoms with Gasteiger partial charge in [0.1, 0.15) is 0 Å². The van der Waals surface area contributed by atoms with Crippen LogP contribution in [0.2, 0.25) is 0 Å². The second-order valence-corrected chi connectivity index (χ2v) is 2.93. The van der Waals surface area contributed by atoms with Crippen molar-refractivity contribution < 1.29 is 5.11 Å². The number of aliphatic hydroxyl groups excluding tert-OH is 1. The van der Waals surface area contributed by atoms with Gasteiger partial charge in [0.2, 0.25) is 0 Å². The van der Waals surface area contributed by atoms with Gasteiger partial charge in [0.25, 0.3) is 0 Å². The molecule has 1 unspecified atom stereocenters. The van der Waals surface area contributed by atoms with Crippen LogP contribution in [0.25, 0.3) is 0 Å². The molecule has 0 aliphatic rings. The quantitative estimate of drug-likeness (QED) is 0.536. The van der Waals surface area contributed by atoms with Gasteiger partial charge < -0.3 is 5.11 Å². The van der Waals surface area contributed by atoms with Crippen LogP contribution in [0, 0.1) is 5.41 Å². The monoisotopic (exact) mass is 120 g/mol. The van der Waals surface area contributed by atoms with E-state index in [1.165, 1.54) is 0 Å². The average molecular weight is 120 g/mol. The molecule has 0 rings (SSSR count). The zero-order chi connectivity index (χ0) is 5.91. The Morgan fingerprint density at radius 2 is 2.00 bits per heavy atom. The molecule has 0 radical (unpaired) electrons. The summed E-state index contributed by atoms with van der Waals surface area (Å²) >= 11 is 0. The average Bonchev–Trinajstić information content (AvgIpc) is 1.68. The molecule has 0 aromatic rings. The first-order valence-electron chi connectivity index (χ1n) is 2.43. The smallest absolute Gasteiger partial charge is 0.0485 e. The van der Waals surface area contributed by atoms with Gasteiger partial charge in [-0.05, 0) is 11.6 Å². The van der Waals surface area contributed by atoms with Crippen LogP contribution in [0.4, 0.5) is 0 Å². The van der Waals surface area contributed by atoms with Gasteiger partial charge in [-0.2, -0.15) is 0 Å². The van der Waals surface area contributed by atoms with Gasteiger partial charge in [0, 0.05) is 6.61 Å². The number of aliphatic hydroxyl groups is 1. The van der Waals surface area contributed by atoms with Crippen LogP contribution >= 0.6 is 9.24 Å². The summed E-state index contributed by atoms with van der Waals surface area (Å²) in [6.45, 7) is 4.33. The highest BCUT2D eigenvalue weighted by Gasteiger charge is 2.11. The molecule has 0 fully saturated rings. The molecule has 0 saturated carbocycles. The largest absolute Gasteiger partial charge is 0.396 e. The molecular weight excluding hydrogens is 107 g/mol. The van der Waals surface area contributed by atoms with Gasteiger partial charge in [-0.15, -0.1) is 9.24 Å². The lowest BCUT2D eigenvalue weighted by molar-refractivity contribution is 0.180.